The first kappa shape index (κ1) is 11.0. The quantitative estimate of drug-likeness (QED) is 0.489. The zero-order valence-corrected chi connectivity index (χ0v) is 8.86. The van der Waals surface area contributed by atoms with E-state index in [-0.39, 0.29) is 0 Å². The number of rotatable bonds is 0. The molecule has 0 fully saturated rings. The maximum Gasteiger partial charge on any atom is -0.0166 e. The normalized spacial score (nSPS) is 24.0. The highest BCUT2D eigenvalue weighted by atomic mass is 13.9. The lowest BCUT2D eigenvalue weighted by Gasteiger charge is -1.95. The molecule has 0 aromatic carbocycles. The molecule has 1 rings (SSSR count). The molecule has 0 heterocycles. The van der Waals surface area contributed by atoms with E-state index >= 15 is 0 Å². The fourth-order valence-electron chi connectivity index (χ4n) is 1.45. The molecule has 0 heteroatoms. The summed E-state index contributed by atoms with van der Waals surface area (Å²) in [7, 11) is 0. The van der Waals surface area contributed by atoms with E-state index in [0.717, 1.165) is 6.42 Å². The molecule has 1 aliphatic carbocycles. The van der Waals surface area contributed by atoms with Crippen LogP contribution in [0.5, 0.6) is 0 Å². The minimum atomic E-state index is 1.06. The third-order valence-electron chi connectivity index (χ3n) is 2.29. The summed E-state index contributed by atoms with van der Waals surface area (Å²) in [5, 5.41) is 0. The number of allylic oxidation sites excluding steroid dienone is 8. The van der Waals surface area contributed by atoms with Crippen molar-refractivity contribution in [3.05, 3.63) is 48.6 Å². The summed E-state index contributed by atoms with van der Waals surface area (Å²) < 4.78 is 0. The molecule has 0 N–H and O–H groups in total. The second-order valence-electron chi connectivity index (χ2n) is 3.59. The largest absolute Gasteiger partial charge is 0.0882 e. The molecule has 0 aromatic heterocycles. The number of hydrogen-bond donors (Lipinski definition) is 0. The van der Waals surface area contributed by atoms with Crippen LogP contribution in [0.15, 0.2) is 48.6 Å². The van der Waals surface area contributed by atoms with Gasteiger partial charge in [-0.25, -0.2) is 0 Å². The van der Waals surface area contributed by atoms with Gasteiger partial charge >= 0.3 is 0 Å². The summed E-state index contributed by atoms with van der Waals surface area (Å²) in [5.41, 5.74) is 0. The monoisotopic (exact) mass is 188 g/mol. The standard InChI is InChI=1S/C14H20/c1-2-4-6-8-10-12-14-13-11-9-7-5-3-1/h1-6,9,11H,7-8,10,12-14H2/b2-1-,5-3?,6-4?,11-9+. The van der Waals surface area contributed by atoms with Crippen molar-refractivity contribution in [1.82, 2.24) is 0 Å². The average Bonchev–Trinajstić information content (AvgIpc) is 2.22. The van der Waals surface area contributed by atoms with Crippen LogP contribution < -0.4 is 0 Å². The van der Waals surface area contributed by atoms with Crippen LogP contribution in [0.2, 0.25) is 0 Å². The Morgan fingerprint density at radius 2 is 1.21 bits per heavy atom. The highest BCUT2D eigenvalue weighted by molar-refractivity contribution is 5.11. The van der Waals surface area contributed by atoms with Crippen LogP contribution in [0.1, 0.15) is 38.5 Å². The van der Waals surface area contributed by atoms with Crippen LogP contribution in [-0.2, 0) is 0 Å². The Kier molecular flexibility index (Phi) is 6.74. The predicted molar refractivity (Wildman–Crippen MR) is 64.3 cm³/mol. The van der Waals surface area contributed by atoms with Gasteiger partial charge < -0.3 is 0 Å². The van der Waals surface area contributed by atoms with Crippen molar-refractivity contribution in [2.45, 2.75) is 38.5 Å². The summed E-state index contributed by atoms with van der Waals surface area (Å²) in [5.74, 6) is 0. The van der Waals surface area contributed by atoms with Gasteiger partial charge in [0.15, 0.2) is 0 Å². The Hall–Kier alpha value is -1.04. The van der Waals surface area contributed by atoms with Gasteiger partial charge in [-0.2, -0.15) is 0 Å². The molecule has 0 saturated heterocycles. The maximum atomic E-state index is 2.30. The van der Waals surface area contributed by atoms with Crippen molar-refractivity contribution in [1.29, 1.82) is 0 Å². The van der Waals surface area contributed by atoms with Crippen LogP contribution in [0.4, 0.5) is 0 Å². The van der Waals surface area contributed by atoms with Gasteiger partial charge in [-0.1, -0.05) is 55.0 Å². The topological polar surface area (TPSA) is 0 Å². The molecule has 1 aliphatic rings. The zero-order chi connectivity index (χ0) is 9.90. The van der Waals surface area contributed by atoms with Crippen LogP contribution in [-0.4, -0.2) is 0 Å². The summed E-state index contributed by atoms with van der Waals surface area (Å²) in [6.07, 6.45) is 25.0. The third kappa shape index (κ3) is 6.47. The Bertz CT molecular complexity index is 228. The highest BCUT2D eigenvalue weighted by Gasteiger charge is 1.85. The van der Waals surface area contributed by atoms with Crippen LogP contribution in [0.3, 0.4) is 0 Å². The maximum absolute atomic E-state index is 2.30. The fourth-order valence-corrected chi connectivity index (χ4v) is 1.45. The Morgan fingerprint density at radius 3 is 2.07 bits per heavy atom. The van der Waals surface area contributed by atoms with Gasteiger partial charge in [0.2, 0.25) is 0 Å². The summed E-state index contributed by atoms with van der Waals surface area (Å²) >= 11 is 0. The molecule has 0 amide bonds. The van der Waals surface area contributed by atoms with Gasteiger partial charge in [0.25, 0.3) is 0 Å². The molecule has 0 bridgehead atoms. The Labute approximate surface area is 87.7 Å². The molecule has 0 radical (unpaired) electrons. The third-order valence-corrected chi connectivity index (χ3v) is 2.29. The van der Waals surface area contributed by atoms with Gasteiger partial charge in [0.05, 0.1) is 0 Å². The van der Waals surface area contributed by atoms with Crippen molar-refractivity contribution in [2.75, 3.05) is 0 Å². The van der Waals surface area contributed by atoms with Gasteiger partial charge in [-0.15, -0.1) is 0 Å². The van der Waals surface area contributed by atoms with Crippen LogP contribution in [0, 0.1) is 0 Å². The zero-order valence-electron chi connectivity index (χ0n) is 8.86. The van der Waals surface area contributed by atoms with E-state index in [0.29, 0.717) is 0 Å². The van der Waals surface area contributed by atoms with E-state index in [1.54, 1.807) is 0 Å². The minimum Gasteiger partial charge on any atom is -0.0882 e. The van der Waals surface area contributed by atoms with Crippen molar-refractivity contribution >= 4 is 0 Å². The fraction of sp³-hybridized carbons (Fsp3) is 0.429. The molecule has 0 nitrogen and oxygen atoms in total. The van der Waals surface area contributed by atoms with E-state index in [1.165, 1.54) is 32.1 Å². The van der Waals surface area contributed by atoms with Gasteiger partial charge in [-0.05, 0) is 32.1 Å². The highest BCUT2D eigenvalue weighted by Crippen LogP contribution is 2.05. The Balaban J connectivity index is 2.36. The molecule has 0 spiro atoms. The van der Waals surface area contributed by atoms with E-state index in [1.807, 2.05) is 0 Å². The van der Waals surface area contributed by atoms with Gasteiger partial charge in [-0.3, -0.25) is 0 Å². The molecule has 0 saturated carbocycles. The Morgan fingerprint density at radius 1 is 0.500 bits per heavy atom. The van der Waals surface area contributed by atoms with E-state index in [4.69, 9.17) is 0 Å². The van der Waals surface area contributed by atoms with Gasteiger partial charge in [0, 0.05) is 0 Å². The predicted octanol–water partition coefficient (Wildman–Crippen LogP) is 4.57. The van der Waals surface area contributed by atoms with Gasteiger partial charge in [0.1, 0.15) is 0 Å². The molecule has 0 aliphatic heterocycles. The second kappa shape index (κ2) is 8.55. The second-order valence-corrected chi connectivity index (χ2v) is 3.59. The molecule has 0 atom stereocenters. The molecule has 14 heavy (non-hydrogen) atoms. The molecular formula is C14H20. The van der Waals surface area contributed by atoms with Crippen molar-refractivity contribution in [3.8, 4) is 0 Å². The molecular weight excluding hydrogens is 168 g/mol. The first-order valence-corrected chi connectivity index (χ1v) is 5.63. The first-order valence-electron chi connectivity index (χ1n) is 5.63. The number of hydrogen-bond acceptors (Lipinski definition) is 0. The summed E-state index contributed by atoms with van der Waals surface area (Å²) in [4.78, 5) is 0. The van der Waals surface area contributed by atoms with Crippen molar-refractivity contribution in [3.63, 3.8) is 0 Å². The van der Waals surface area contributed by atoms with Crippen LogP contribution >= 0.6 is 0 Å². The van der Waals surface area contributed by atoms with Crippen molar-refractivity contribution < 1.29 is 0 Å². The molecule has 76 valence electrons. The molecule has 0 unspecified atom stereocenters. The first-order chi connectivity index (χ1) is 7.00. The minimum absolute atomic E-state index is 1.06. The van der Waals surface area contributed by atoms with E-state index in [9.17, 15) is 0 Å². The van der Waals surface area contributed by atoms with Crippen LogP contribution in [0.25, 0.3) is 0 Å². The lowest BCUT2D eigenvalue weighted by molar-refractivity contribution is 0.695. The lowest BCUT2D eigenvalue weighted by atomic mass is 10.1. The summed E-state index contributed by atoms with van der Waals surface area (Å²) in [6, 6.07) is 0. The lowest BCUT2D eigenvalue weighted by Crippen LogP contribution is -1.75. The summed E-state index contributed by atoms with van der Waals surface area (Å²) in [6.45, 7) is 0. The van der Waals surface area contributed by atoms with E-state index in [2.05, 4.69) is 48.6 Å². The van der Waals surface area contributed by atoms with Crippen molar-refractivity contribution in [2.24, 2.45) is 0 Å². The van der Waals surface area contributed by atoms with E-state index < -0.39 is 0 Å². The smallest absolute Gasteiger partial charge is 0.0166 e. The average molecular weight is 188 g/mol. The molecule has 0 aromatic rings. The SMILES string of the molecule is C1=CC/C=C/CCCCCC=C/C=C\1.